The first-order chi connectivity index (χ1) is 3.72. The summed E-state index contributed by atoms with van der Waals surface area (Å²) >= 11 is 0. The van der Waals surface area contributed by atoms with Gasteiger partial charge >= 0.3 is 0 Å². The molecule has 0 aromatic rings. The summed E-state index contributed by atoms with van der Waals surface area (Å²) < 4.78 is 0. The molecule has 2 heteroatoms. The third kappa shape index (κ3) is 2.28. The van der Waals surface area contributed by atoms with Crippen LogP contribution >= 0.6 is 0 Å². The van der Waals surface area contributed by atoms with E-state index in [4.69, 9.17) is 10.8 Å². The van der Waals surface area contributed by atoms with Gasteiger partial charge in [0.25, 0.3) is 0 Å². The van der Waals surface area contributed by atoms with Crippen LogP contribution < -0.4 is 5.73 Å². The summed E-state index contributed by atoms with van der Waals surface area (Å²) in [5.41, 5.74) is 5.48. The average Bonchev–Trinajstić information content (AvgIpc) is 1.84. The predicted molar refractivity (Wildman–Crippen MR) is 34.6 cm³/mol. The van der Waals surface area contributed by atoms with E-state index in [0.717, 1.165) is 12.8 Å². The Morgan fingerprint density at radius 3 is 2.00 bits per heavy atom. The smallest absolute Gasteiger partial charge is 0.0688 e. The van der Waals surface area contributed by atoms with Crippen molar-refractivity contribution in [3.63, 3.8) is 0 Å². The summed E-state index contributed by atoms with van der Waals surface area (Å²) in [6.45, 7) is 3.91. The van der Waals surface area contributed by atoms with E-state index in [0.29, 0.717) is 0 Å². The van der Waals surface area contributed by atoms with Crippen molar-refractivity contribution in [2.45, 2.75) is 38.8 Å². The molecule has 0 saturated heterocycles. The quantitative estimate of drug-likeness (QED) is 0.565. The molecule has 0 bridgehead atoms. The third-order valence-electron chi connectivity index (χ3n) is 1.38. The highest BCUT2D eigenvalue weighted by molar-refractivity contribution is 4.67. The van der Waals surface area contributed by atoms with Crippen molar-refractivity contribution in [1.29, 1.82) is 0 Å². The molecular formula is C6H15NO. The molecule has 0 amide bonds. The number of rotatable bonds is 3. The van der Waals surface area contributed by atoms with Crippen LogP contribution in [0.2, 0.25) is 0 Å². The van der Waals surface area contributed by atoms with Gasteiger partial charge in [-0.3, -0.25) is 0 Å². The van der Waals surface area contributed by atoms with Crippen LogP contribution in [0.5, 0.6) is 0 Å². The van der Waals surface area contributed by atoms with Crippen LogP contribution in [0.15, 0.2) is 0 Å². The van der Waals surface area contributed by atoms with E-state index in [1.807, 2.05) is 13.8 Å². The lowest BCUT2D eigenvalue weighted by molar-refractivity contribution is 0.138. The average molecular weight is 117 g/mol. The Balaban J connectivity index is 3.29. The zero-order valence-electron chi connectivity index (χ0n) is 5.59. The standard InChI is InChI=1S/C6H15NO/c1-3-5(7)6(8)4-2/h5-6,8H,3-4,7H2,1-2H3/t5-,6+/m0/s1. The Bertz CT molecular complexity index is 48.5. The molecule has 0 fully saturated rings. The Morgan fingerprint density at radius 2 is 1.88 bits per heavy atom. The highest BCUT2D eigenvalue weighted by Crippen LogP contribution is 1.97. The molecule has 2 nitrogen and oxygen atoms in total. The molecule has 8 heavy (non-hydrogen) atoms. The Kier molecular flexibility index (Phi) is 3.83. The lowest BCUT2D eigenvalue weighted by Gasteiger charge is -2.13. The van der Waals surface area contributed by atoms with Gasteiger partial charge in [0.05, 0.1) is 6.10 Å². The molecule has 0 radical (unpaired) electrons. The largest absolute Gasteiger partial charge is 0.392 e. The molecule has 0 aromatic carbocycles. The summed E-state index contributed by atoms with van der Waals surface area (Å²) in [4.78, 5) is 0. The van der Waals surface area contributed by atoms with Gasteiger partial charge in [-0.15, -0.1) is 0 Å². The Morgan fingerprint density at radius 1 is 1.38 bits per heavy atom. The fourth-order valence-electron chi connectivity index (χ4n) is 0.575. The minimum absolute atomic E-state index is 0.0278. The van der Waals surface area contributed by atoms with Gasteiger partial charge < -0.3 is 10.8 Å². The van der Waals surface area contributed by atoms with Gasteiger partial charge in [-0.1, -0.05) is 13.8 Å². The van der Waals surface area contributed by atoms with Crippen molar-refractivity contribution in [1.82, 2.24) is 0 Å². The highest BCUT2D eigenvalue weighted by atomic mass is 16.3. The minimum atomic E-state index is -0.306. The van der Waals surface area contributed by atoms with Crippen molar-refractivity contribution in [2.24, 2.45) is 5.73 Å². The maximum absolute atomic E-state index is 9.00. The van der Waals surface area contributed by atoms with Crippen LogP contribution in [-0.2, 0) is 0 Å². The molecule has 0 unspecified atom stereocenters. The van der Waals surface area contributed by atoms with Gasteiger partial charge in [-0.05, 0) is 12.8 Å². The summed E-state index contributed by atoms with van der Waals surface area (Å²) in [5, 5.41) is 9.00. The summed E-state index contributed by atoms with van der Waals surface area (Å²) in [5.74, 6) is 0. The third-order valence-corrected chi connectivity index (χ3v) is 1.38. The fourth-order valence-corrected chi connectivity index (χ4v) is 0.575. The van der Waals surface area contributed by atoms with Crippen LogP contribution in [0.25, 0.3) is 0 Å². The van der Waals surface area contributed by atoms with E-state index in [1.54, 1.807) is 0 Å². The summed E-state index contributed by atoms with van der Waals surface area (Å²) in [6, 6.07) is -0.0278. The minimum Gasteiger partial charge on any atom is -0.392 e. The number of nitrogens with two attached hydrogens (primary N) is 1. The number of aliphatic hydroxyl groups excluding tert-OH is 1. The van der Waals surface area contributed by atoms with Gasteiger partial charge in [0.2, 0.25) is 0 Å². The van der Waals surface area contributed by atoms with E-state index in [2.05, 4.69) is 0 Å². The number of aliphatic hydroxyl groups is 1. The predicted octanol–water partition coefficient (Wildman–Crippen LogP) is 0.495. The Labute approximate surface area is 50.7 Å². The summed E-state index contributed by atoms with van der Waals surface area (Å²) in [7, 11) is 0. The van der Waals surface area contributed by atoms with Crippen molar-refractivity contribution in [2.75, 3.05) is 0 Å². The van der Waals surface area contributed by atoms with E-state index in [1.165, 1.54) is 0 Å². The van der Waals surface area contributed by atoms with Gasteiger partial charge in [-0.25, -0.2) is 0 Å². The van der Waals surface area contributed by atoms with E-state index in [-0.39, 0.29) is 12.1 Å². The molecule has 2 atom stereocenters. The topological polar surface area (TPSA) is 46.2 Å². The number of hydrogen-bond acceptors (Lipinski definition) is 2. The van der Waals surface area contributed by atoms with Gasteiger partial charge in [0, 0.05) is 6.04 Å². The zero-order valence-corrected chi connectivity index (χ0v) is 5.59. The monoisotopic (exact) mass is 117 g/mol. The maximum atomic E-state index is 9.00. The molecule has 3 N–H and O–H groups in total. The normalized spacial score (nSPS) is 18.0. The van der Waals surface area contributed by atoms with E-state index >= 15 is 0 Å². The van der Waals surface area contributed by atoms with Crippen LogP contribution in [0, 0.1) is 0 Å². The summed E-state index contributed by atoms with van der Waals surface area (Å²) in [6.07, 6.45) is 1.31. The SMILES string of the molecule is CC[C@@H](O)[C@@H](N)CC. The molecular weight excluding hydrogens is 102 g/mol. The molecule has 0 heterocycles. The fraction of sp³-hybridized carbons (Fsp3) is 1.00. The van der Waals surface area contributed by atoms with Crippen LogP contribution in [0.3, 0.4) is 0 Å². The molecule has 0 aliphatic rings. The highest BCUT2D eigenvalue weighted by Gasteiger charge is 2.08. The van der Waals surface area contributed by atoms with Gasteiger partial charge in [-0.2, -0.15) is 0 Å². The Hall–Kier alpha value is -0.0800. The van der Waals surface area contributed by atoms with E-state index in [9.17, 15) is 0 Å². The molecule has 0 aliphatic heterocycles. The van der Waals surface area contributed by atoms with Crippen molar-refractivity contribution < 1.29 is 5.11 Å². The second kappa shape index (κ2) is 3.87. The van der Waals surface area contributed by atoms with Gasteiger partial charge in [0.15, 0.2) is 0 Å². The number of hydrogen-bond donors (Lipinski definition) is 2. The second-order valence-electron chi connectivity index (χ2n) is 2.05. The molecule has 0 aliphatic carbocycles. The lowest BCUT2D eigenvalue weighted by atomic mass is 10.1. The van der Waals surface area contributed by atoms with Crippen LogP contribution in [0.1, 0.15) is 26.7 Å². The second-order valence-corrected chi connectivity index (χ2v) is 2.05. The van der Waals surface area contributed by atoms with Crippen LogP contribution in [-0.4, -0.2) is 17.3 Å². The first-order valence-electron chi connectivity index (χ1n) is 3.16. The first-order valence-corrected chi connectivity index (χ1v) is 3.16. The van der Waals surface area contributed by atoms with Gasteiger partial charge in [0.1, 0.15) is 0 Å². The lowest BCUT2D eigenvalue weighted by Crippen LogP contribution is -2.33. The van der Waals surface area contributed by atoms with Crippen LogP contribution in [0.4, 0.5) is 0 Å². The first kappa shape index (κ1) is 7.92. The molecule has 50 valence electrons. The molecule has 0 spiro atoms. The molecule has 0 saturated carbocycles. The molecule has 0 aromatic heterocycles. The van der Waals surface area contributed by atoms with Crippen molar-refractivity contribution in [3.8, 4) is 0 Å². The molecule has 0 rings (SSSR count). The maximum Gasteiger partial charge on any atom is 0.0688 e. The zero-order chi connectivity index (χ0) is 6.57. The van der Waals surface area contributed by atoms with Crippen molar-refractivity contribution >= 4 is 0 Å². The van der Waals surface area contributed by atoms with Crippen molar-refractivity contribution in [3.05, 3.63) is 0 Å². The van der Waals surface area contributed by atoms with E-state index < -0.39 is 0 Å².